The van der Waals surface area contributed by atoms with E-state index >= 15 is 0 Å². The topological polar surface area (TPSA) is 107 Å². The third-order valence-corrected chi connectivity index (χ3v) is 6.23. The van der Waals surface area contributed by atoms with Crippen LogP contribution in [0.3, 0.4) is 0 Å². The van der Waals surface area contributed by atoms with Crippen LogP contribution >= 0.6 is 11.3 Å². The molecule has 2 N–H and O–H groups in total. The van der Waals surface area contributed by atoms with Crippen molar-refractivity contribution in [2.45, 2.75) is 19.3 Å². The minimum absolute atomic E-state index is 0.220. The first-order valence-corrected chi connectivity index (χ1v) is 12.1. The van der Waals surface area contributed by atoms with Crippen LogP contribution in [0, 0.1) is 17.8 Å². The van der Waals surface area contributed by atoms with E-state index in [1.165, 1.54) is 19.4 Å². The van der Waals surface area contributed by atoms with Gasteiger partial charge in [0.05, 0.1) is 13.3 Å². The second-order valence-electron chi connectivity index (χ2n) is 8.28. The van der Waals surface area contributed by atoms with Crippen LogP contribution in [0.1, 0.15) is 40.3 Å². The van der Waals surface area contributed by atoms with Crippen molar-refractivity contribution in [2.75, 3.05) is 17.7 Å². The van der Waals surface area contributed by atoms with Crippen molar-refractivity contribution >= 4 is 33.9 Å². The van der Waals surface area contributed by atoms with Crippen molar-refractivity contribution in [3.63, 3.8) is 0 Å². The molecule has 0 aliphatic heterocycles. The van der Waals surface area contributed by atoms with Gasteiger partial charge >= 0.3 is 0 Å². The lowest BCUT2D eigenvalue weighted by Gasteiger charge is -2.15. The van der Waals surface area contributed by atoms with Gasteiger partial charge in [-0.1, -0.05) is 17.3 Å². The summed E-state index contributed by atoms with van der Waals surface area (Å²) in [6.07, 6.45) is 2.38. The molecule has 4 aromatic rings. The molecule has 9 nitrogen and oxygen atoms in total. The molecule has 1 fully saturated rings. The predicted molar refractivity (Wildman–Crippen MR) is 135 cm³/mol. The van der Waals surface area contributed by atoms with E-state index in [-0.39, 0.29) is 22.0 Å². The number of rotatable bonds is 7. The molecule has 0 radical (unpaired) electrons. The number of benzene rings is 1. The van der Waals surface area contributed by atoms with E-state index in [1.54, 1.807) is 42.2 Å². The molecule has 3 heterocycles. The Bertz CT molecular complexity index is 1520. The van der Waals surface area contributed by atoms with Crippen LogP contribution in [0.15, 0.2) is 42.7 Å². The zero-order chi connectivity index (χ0) is 25.9. The molecule has 0 unspecified atom stereocenters. The Morgan fingerprint density at radius 3 is 2.76 bits per heavy atom. The molecule has 12 heteroatoms. The van der Waals surface area contributed by atoms with E-state index in [2.05, 4.69) is 42.8 Å². The molecule has 0 atom stereocenters. The predicted octanol–water partition coefficient (Wildman–Crippen LogP) is 5.04. The average molecular weight is 522 g/mol. The number of carbonyl (C=O) groups excluding carboxylic acids is 1. The largest absolute Gasteiger partial charge is 0.494 e. The third-order valence-electron chi connectivity index (χ3n) is 5.48. The maximum absolute atomic E-state index is 13.5. The van der Waals surface area contributed by atoms with Gasteiger partial charge in [-0.3, -0.25) is 19.8 Å². The first-order valence-electron chi connectivity index (χ1n) is 11.3. The van der Waals surface area contributed by atoms with Crippen LogP contribution in [0.4, 0.5) is 25.4 Å². The summed E-state index contributed by atoms with van der Waals surface area (Å²) in [4.78, 5) is 17.1. The average Bonchev–Trinajstić information content (AvgIpc) is 3.48. The lowest BCUT2D eigenvalue weighted by Crippen LogP contribution is -2.13. The number of carbonyl (C=O) groups is 1. The third kappa shape index (κ3) is 5.73. The Labute approximate surface area is 214 Å². The van der Waals surface area contributed by atoms with Gasteiger partial charge in [-0.2, -0.15) is 5.10 Å². The summed E-state index contributed by atoms with van der Waals surface area (Å²) in [6, 6.07) is 7.95. The van der Waals surface area contributed by atoms with E-state index in [0.29, 0.717) is 28.0 Å². The summed E-state index contributed by atoms with van der Waals surface area (Å²) in [6.45, 7) is 0. The smallest absolute Gasteiger partial charge is 0.280 e. The minimum Gasteiger partial charge on any atom is -0.494 e. The number of aromatic nitrogens is 5. The first-order chi connectivity index (χ1) is 17.9. The number of methoxy groups -OCH3 is 1. The van der Waals surface area contributed by atoms with Crippen molar-refractivity contribution in [2.24, 2.45) is 13.0 Å². The number of nitrogens with one attached hydrogen (secondary N) is 2. The number of alkyl halides is 2. The van der Waals surface area contributed by atoms with E-state index in [1.807, 2.05) is 0 Å². The summed E-state index contributed by atoms with van der Waals surface area (Å²) < 4.78 is 34.0. The molecule has 188 valence electrons. The van der Waals surface area contributed by atoms with Gasteiger partial charge in [0.2, 0.25) is 5.13 Å². The molecule has 37 heavy (non-hydrogen) atoms. The molecule has 3 aromatic heterocycles. The van der Waals surface area contributed by atoms with Crippen molar-refractivity contribution in [3.05, 3.63) is 59.0 Å². The quantitative estimate of drug-likeness (QED) is 0.328. The number of ether oxygens (including phenoxy) is 1. The van der Waals surface area contributed by atoms with Crippen molar-refractivity contribution in [1.82, 2.24) is 25.0 Å². The number of amides is 1. The van der Waals surface area contributed by atoms with Crippen LogP contribution in [0.25, 0.3) is 11.1 Å². The number of halogens is 2. The summed E-state index contributed by atoms with van der Waals surface area (Å²) in [7, 11) is 3.19. The summed E-state index contributed by atoms with van der Waals surface area (Å²) >= 11 is 1.16. The molecular formula is C25H21F2N7O2S. The normalized spacial score (nSPS) is 12.7. The van der Waals surface area contributed by atoms with Crippen molar-refractivity contribution in [1.29, 1.82) is 0 Å². The highest BCUT2D eigenvalue weighted by atomic mass is 32.1. The molecule has 1 aliphatic rings. The molecule has 0 spiro atoms. The highest BCUT2D eigenvalue weighted by Gasteiger charge is 2.22. The Morgan fingerprint density at radius 2 is 2.05 bits per heavy atom. The second kappa shape index (κ2) is 10.3. The van der Waals surface area contributed by atoms with Crippen molar-refractivity contribution in [3.8, 4) is 28.7 Å². The van der Waals surface area contributed by atoms with Gasteiger partial charge in [-0.25, -0.2) is 8.78 Å². The van der Waals surface area contributed by atoms with Crippen LogP contribution in [-0.4, -0.2) is 38.0 Å². The fourth-order valence-electron chi connectivity index (χ4n) is 3.50. The van der Waals surface area contributed by atoms with E-state index in [0.717, 1.165) is 24.2 Å². The van der Waals surface area contributed by atoms with Crippen LogP contribution in [0.5, 0.6) is 5.75 Å². The highest BCUT2D eigenvalue weighted by molar-refractivity contribution is 7.15. The minimum atomic E-state index is -2.80. The Kier molecular flexibility index (Phi) is 6.78. The fraction of sp³-hybridized carbons (Fsp3) is 0.240. The molecule has 1 amide bonds. The Balaban J connectivity index is 1.51. The monoisotopic (exact) mass is 521 g/mol. The van der Waals surface area contributed by atoms with E-state index in [4.69, 9.17) is 4.74 Å². The zero-order valence-electron chi connectivity index (χ0n) is 19.8. The number of pyridine rings is 1. The van der Waals surface area contributed by atoms with Gasteiger partial charge in [0.15, 0.2) is 10.8 Å². The molecule has 0 saturated heterocycles. The zero-order valence-corrected chi connectivity index (χ0v) is 20.6. The molecule has 1 aliphatic carbocycles. The lowest BCUT2D eigenvalue weighted by molar-refractivity contribution is 0.102. The lowest BCUT2D eigenvalue weighted by atomic mass is 9.97. The second-order valence-corrected chi connectivity index (χ2v) is 9.26. The number of hydrogen-bond donors (Lipinski definition) is 2. The van der Waals surface area contributed by atoms with E-state index in [9.17, 15) is 13.6 Å². The van der Waals surface area contributed by atoms with Gasteiger partial charge in [0.25, 0.3) is 12.3 Å². The van der Waals surface area contributed by atoms with Gasteiger partial charge in [0, 0.05) is 47.6 Å². The fourth-order valence-corrected chi connectivity index (χ4v) is 4.10. The molecule has 5 rings (SSSR count). The van der Waals surface area contributed by atoms with Crippen LogP contribution < -0.4 is 15.4 Å². The molecule has 1 aromatic carbocycles. The molecular weight excluding hydrogens is 500 g/mol. The number of nitrogens with zero attached hydrogens (tertiary/aromatic N) is 5. The molecule has 1 saturated carbocycles. The SMILES string of the molecule is COc1cnc(C(F)F)cc1-c1cc(Nc2ccn(C)n2)ccc1C(=O)Nc1nnc(C#CC2CC2)s1. The number of anilines is 3. The van der Waals surface area contributed by atoms with Gasteiger partial charge in [-0.15, -0.1) is 10.2 Å². The van der Waals surface area contributed by atoms with Crippen LogP contribution in [-0.2, 0) is 7.05 Å². The van der Waals surface area contributed by atoms with Crippen molar-refractivity contribution < 1.29 is 18.3 Å². The van der Waals surface area contributed by atoms with Crippen LogP contribution in [0.2, 0.25) is 0 Å². The standard InChI is InChI=1S/C25H21F2N7O2S/c1-34-10-9-21(33-34)29-15-6-7-16(17(11-15)18-12-19(23(26)27)28-13-20(18)36-2)24(35)30-25-32-31-22(37-25)8-5-14-3-4-14/h6-7,9-14,23H,3-4H2,1-2H3,(H,29,33)(H,30,32,35). The maximum Gasteiger partial charge on any atom is 0.280 e. The maximum atomic E-state index is 13.5. The van der Waals surface area contributed by atoms with Gasteiger partial charge < -0.3 is 10.1 Å². The number of aryl methyl sites for hydroxylation is 1. The summed E-state index contributed by atoms with van der Waals surface area (Å²) in [5.41, 5.74) is 1.02. The van der Waals surface area contributed by atoms with E-state index < -0.39 is 18.0 Å². The Morgan fingerprint density at radius 1 is 1.22 bits per heavy atom. The summed E-state index contributed by atoms with van der Waals surface area (Å²) in [5, 5.41) is 19.0. The Hall–Kier alpha value is -4.37. The van der Waals surface area contributed by atoms with Gasteiger partial charge in [0.1, 0.15) is 11.4 Å². The van der Waals surface area contributed by atoms with Gasteiger partial charge in [-0.05, 0) is 43.0 Å². The summed E-state index contributed by atoms with van der Waals surface area (Å²) in [5.74, 6) is 6.82. The first kappa shape index (κ1) is 24.3. The molecule has 0 bridgehead atoms. The highest BCUT2D eigenvalue weighted by Crippen LogP contribution is 2.37. The number of hydrogen-bond acceptors (Lipinski definition) is 8.